The zero-order valence-corrected chi connectivity index (χ0v) is 21.9. The summed E-state index contributed by atoms with van der Waals surface area (Å²) in [5.41, 5.74) is 3.72. The Balaban J connectivity index is 1.25. The summed E-state index contributed by atoms with van der Waals surface area (Å²) in [7, 11) is -3.37. The van der Waals surface area contributed by atoms with Crippen molar-refractivity contribution in [2.45, 2.75) is 31.1 Å². The lowest BCUT2D eigenvalue weighted by Gasteiger charge is -2.26. The summed E-state index contributed by atoms with van der Waals surface area (Å²) >= 11 is 0. The highest BCUT2D eigenvalue weighted by Gasteiger charge is 2.24. The SMILES string of the molecule is N#Cc1cc(-c2ccnc(Cc3ccc(CS(=O)(=O)N4CCOCC4)cc3)n2)ccc1OC1CCOCC1. The van der Waals surface area contributed by atoms with Crippen LogP contribution in [0.2, 0.25) is 0 Å². The van der Waals surface area contributed by atoms with Crippen molar-refractivity contribution in [3.05, 3.63) is 77.2 Å². The average molecular weight is 535 g/mol. The van der Waals surface area contributed by atoms with Gasteiger partial charge in [-0.1, -0.05) is 24.3 Å². The Bertz CT molecular complexity index is 1390. The number of hydrogen-bond donors (Lipinski definition) is 0. The molecule has 2 aromatic carbocycles. The third-order valence-electron chi connectivity index (χ3n) is 6.66. The maximum Gasteiger partial charge on any atom is 0.218 e. The van der Waals surface area contributed by atoms with E-state index in [2.05, 4.69) is 11.1 Å². The molecule has 0 amide bonds. The van der Waals surface area contributed by atoms with Gasteiger partial charge in [0, 0.05) is 44.1 Å². The predicted molar refractivity (Wildman–Crippen MR) is 141 cm³/mol. The molecule has 3 aromatic rings. The normalized spacial score (nSPS) is 17.1. The molecule has 2 aliphatic heterocycles. The van der Waals surface area contributed by atoms with Crippen LogP contribution in [0.1, 0.15) is 35.4 Å². The van der Waals surface area contributed by atoms with Gasteiger partial charge >= 0.3 is 0 Å². The van der Waals surface area contributed by atoms with Crippen molar-refractivity contribution in [1.29, 1.82) is 5.26 Å². The molecule has 0 N–H and O–H groups in total. The Kier molecular flexibility index (Phi) is 8.29. The topological polar surface area (TPSA) is 115 Å². The minimum absolute atomic E-state index is 0.0330. The fourth-order valence-corrected chi connectivity index (χ4v) is 6.06. The van der Waals surface area contributed by atoms with Gasteiger partial charge in [-0.15, -0.1) is 0 Å². The maximum absolute atomic E-state index is 12.7. The maximum atomic E-state index is 12.7. The zero-order valence-electron chi connectivity index (χ0n) is 21.1. The van der Waals surface area contributed by atoms with Gasteiger partial charge in [-0.2, -0.15) is 9.57 Å². The minimum Gasteiger partial charge on any atom is -0.489 e. The highest BCUT2D eigenvalue weighted by atomic mass is 32.2. The summed E-state index contributed by atoms with van der Waals surface area (Å²) < 4.78 is 43.6. The van der Waals surface area contributed by atoms with Crippen LogP contribution in [0.4, 0.5) is 0 Å². The number of nitrogens with zero attached hydrogens (tertiary/aromatic N) is 4. The minimum atomic E-state index is -3.37. The summed E-state index contributed by atoms with van der Waals surface area (Å²) in [6.07, 6.45) is 3.89. The van der Waals surface area contributed by atoms with Crippen LogP contribution in [-0.2, 0) is 31.7 Å². The van der Waals surface area contributed by atoms with Crippen LogP contribution < -0.4 is 4.74 Å². The van der Waals surface area contributed by atoms with Gasteiger partial charge in [-0.25, -0.2) is 18.4 Å². The standard InChI is InChI=1S/C28H30N4O5S/c29-19-24-18-23(5-6-27(24)37-25-8-13-35-14-9-25)26-7-10-30-28(31-26)17-21-1-3-22(4-2-21)20-38(33,34)32-11-15-36-16-12-32/h1-7,10,18,25H,8-9,11-17,20H2. The van der Waals surface area contributed by atoms with Crippen molar-refractivity contribution < 1.29 is 22.6 Å². The van der Waals surface area contributed by atoms with Crippen molar-refractivity contribution in [2.24, 2.45) is 0 Å². The molecule has 38 heavy (non-hydrogen) atoms. The van der Waals surface area contributed by atoms with Gasteiger partial charge in [0.1, 0.15) is 23.7 Å². The van der Waals surface area contributed by atoms with E-state index in [1.165, 1.54) is 4.31 Å². The fraction of sp³-hybridized carbons (Fsp3) is 0.393. The summed E-state index contributed by atoms with van der Waals surface area (Å²) in [6.45, 7) is 3.01. The molecule has 0 spiro atoms. The molecule has 0 bridgehead atoms. The van der Waals surface area contributed by atoms with E-state index >= 15 is 0 Å². The van der Waals surface area contributed by atoms with E-state index in [-0.39, 0.29) is 11.9 Å². The molecule has 0 aliphatic carbocycles. The number of morpholine rings is 1. The number of sulfonamides is 1. The van der Waals surface area contributed by atoms with E-state index in [1.54, 1.807) is 12.3 Å². The van der Waals surface area contributed by atoms with E-state index in [1.807, 2.05) is 42.5 Å². The van der Waals surface area contributed by atoms with Crippen molar-refractivity contribution in [1.82, 2.24) is 14.3 Å². The predicted octanol–water partition coefficient (Wildman–Crippen LogP) is 3.33. The first-order chi connectivity index (χ1) is 18.5. The Hall–Kier alpha value is -3.36. The first-order valence-corrected chi connectivity index (χ1v) is 14.4. The van der Waals surface area contributed by atoms with Gasteiger partial charge in [0.2, 0.25) is 10.0 Å². The van der Waals surface area contributed by atoms with Gasteiger partial charge in [-0.05, 0) is 35.4 Å². The summed E-state index contributed by atoms with van der Waals surface area (Å²) in [4.78, 5) is 9.12. The molecular formula is C28H30N4O5S. The molecule has 2 fully saturated rings. The number of rotatable bonds is 8. The second-order valence-corrected chi connectivity index (χ2v) is 11.3. The number of ether oxygens (including phenoxy) is 3. The molecule has 198 valence electrons. The van der Waals surface area contributed by atoms with Gasteiger partial charge in [0.25, 0.3) is 0 Å². The first-order valence-electron chi connectivity index (χ1n) is 12.7. The van der Waals surface area contributed by atoms with E-state index in [9.17, 15) is 13.7 Å². The van der Waals surface area contributed by atoms with Crippen LogP contribution in [0.5, 0.6) is 5.75 Å². The summed E-state index contributed by atoms with van der Waals surface area (Å²) in [5, 5.41) is 9.70. The van der Waals surface area contributed by atoms with Gasteiger partial charge in [0.05, 0.1) is 43.4 Å². The third kappa shape index (κ3) is 6.55. The zero-order chi connectivity index (χ0) is 26.4. The molecule has 2 saturated heterocycles. The monoisotopic (exact) mass is 534 g/mol. The number of benzene rings is 2. The van der Waals surface area contributed by atoms with Crippen molar-refractivity contribution >= 4 is 10.0 Å². The van der Waals surface area contributed by atoms with Crippen LogP contribution in [0.3, 0.4) is 0 Å². The van der Waals surface area contributed by atoms with Crippen LogP contribution in [0.15, 0.2) is 54.7 Å². The van der Waals surface area contributed by atoms with E-state index in [4.69, 9.17) is 19.2 Å². The van der Waals surface area contributed by atoms with Crippen molar-refractivity contribution in [3.63, 3.8) is 0 Å². The molecule has 10 heteroatoms. The second kappa shape index (κ2) is 12.0. The molecule has 5 rings (SSSR count). The number of nitriles is 1. The van der Waals surface area contributed by atoms with E-state index < -0.39 is 10.0 Å². The third-order valence-corrected chi connectivity index (χ3v) is 8.51. The van der Waals surface area contributed by atoms with E-state index in [0.717, 1.165) is 35.2 Å². The molecule has 0 saturated carbocycles. The fourth-order valence-electron chi connectivity index (χ4n) is 4.56. The Labute approximate surface area is 223 Å². The first kappa shape index (κ1) is 26.3. The lowest BCUT2D eigenvalue weighted by molar-refractivity contribution is 0.0254. The van der Waals surface area contributed by atoms with Gasteiger partial charge in [0.15, 0.2) is 0 Å². The van der Waals surface area contributed by atoms with Crippen LogP contribution in [-0.4, -0.2) is 68.3 Å². The molecule has 2 aliphatic rings. The van der Waals surface area contributed by atoms with Crippen LogP contribution >= 0.6 is 0 Å². The Morgan fingerprint density at radius 3 is 2.42 bits per heavy atom. The number of hydrogen-bond acceptors (Lipinski definition) is 8. The smallest absolute Gasteiger partial charge is 0.218 e. The Morgan fingerprint density at radius 1 is 0.974 bits per heavy atom. The lowest BCUT2D eigenvalue weighted by atomic mass is 10.1. The van der Waals surface area contributed by atoms with Crippen molar-refractivity contribution in [2.75, 3.05) is 39.5 Å². The highest BCUT2D eigenvalue weighted by molar-refractivity contribution is 7.88. The van der Waals surface area contributed by atoms with Gasteiger partial charge in [-0.3, -0.25) is 0 Å². The molecule has 9 nitrogen and oxygen atoms in total. The van der Waals surface area contributed by atoms with Gasteiger partial charge < -0.3 is 14.2 Å². The molecular weight excluding hydrogens is 504 g/mol. The van der Waals surface area contributed by atoms with Crippen LogP contribution in [0, 0.1) is 11.3 Å². The Morgan fingerprint density at radius 2 is 1.68 bits per heavy atom. The summed E-state index contributed by atoms with van der Waals surface area (Å²) in [6, 6.07) is 17.1. The van der Waals surface area contributed by atoms with E-state index in [0.29, 0.717) is 63.1 Å². The lowest BCUT2D eigenvalue weighted by Crippen LogP contribution is -2.41. The molecule has 0 atom stereocenters. The highest BCUT2D eigenvalue weighted by Crippen LogP contribution is 2.28. The summed E-state index contributed by atoms with van der Waals surface area (Å²) in [5.74, 6) is 1.18. The quantitative estimate of drug-likeness (QED) is 0.432. The molecule has 0 unspecified atom stereocenters. The average Bonchev–Trinajstić information content (AvgIpc) is 2.95. The second-order valence-electron chi connectivity index (χ2n) is 9.37. The van der Waals surface area contributed by atoms with Crippen molar-refractivity contribution in [3.8, 4) is 23.1 Å². The van der Waals surface area contributed by atoms with Crippen LogP contribution in [0.25, 0.3) is 11.3 Å². The molecule has 1 aromatic heterocycles. The number of aromatic nitrogens is 2. The molecule has 3 heterocycles. The molecule has 0 radical (unpaired) electrons. The largest absolute Gasteiger partial charge is 0.489 e.